The molecule has 7 heteroatoms. The van der Waals surface area contributed by atoms with Crippen molar-refractivity contribution in [1.29, 1.82) is 0 Å². The molecular formula is C29H29N3O4. The fourth-order valence-electron chi connectivity index (χ4n) is 5.26. The normalized spacial score (nSPS) is 20.2. The van der Waals surface area contributed by atoms with Crippen LogP contribution in [0.25, 0.3) is 11.1 Å². The number of phenols is 1. The van der Waals surface area contributed by atoms with Gasteiger partial charge in [-0.3, -0.25) is 19.3 Å². The first-order valence-corrected chi connectivity index (χ1v) is 12.2. The third-order valence-corrected chi connectivity index (χ3v) is 7.39. The van der Waals surface area contributed by atoms with E-state index in [-0.39, 0.29) is 36.3 Å². The zero-order valence-corrected chi connectivity index (χ0v) is 20.3. The van der Waals surface area contributed by atoms with E-state index >= 15 is 0 Å². The lowest BCUT2D eigenvalue weighted by Crippen LogP contribution is -2.51. The minimum Gasteiger partial charge on any atom is -0.506 e. The summed E-state index contributed by atoms with van der Waals surface area (Å²) in [6.07, 6.45) is -0.0696. The minimum atomic E-state index is -1.20. The van der Waals surface area contributed by atoms with Crippen molar-refractivity contribution < 1.29 is 19.5 Å². The highest BCUT2D eigenvalue weighted by Gasteiger charge is 2.53. The molecule has 0 aliphatic carbocycles. The molecule has 184 valence electrons. The average molecular weight is 484 g/mol. The van der Waals surface area contributed by atoms with Crippen molar-refractivity contribution in [3.63, 3.8) is 0 Å². The summed E-state index contributed by atoms with van der Waals surface area (Å²) in [6, 6.07) is 24.7. The zero-order valence-electron chi connectivity index (χ0n) is 20.3. The SMILES string of the molecule is CN1C(=O)CC(CC(=O)N2CCN(c3ccccc3O)CC2)(c2ccc(-c3ccccc3)cc2)C1=O. The number of carbonyl (C=O) groups excluding carboxylic acids is 3. The number of hydrogen-bond donors (Lipinski definition) is 1. The zero-order chi connectivity index (χ0) is 25.3. The number of hydrogen-bond acceptors (Lipinski definition) is 5. The van der Waals surface area contributed by atoms with Gasteiger partial charge in [0.1, 0.15) is 5.75 Å². The first kappa shape index (κ1) is 23.6. The molecule has 2 fully saturated rings. The summed E-state index contributed by atoms with van der Waals surface area (Å²) in [7, 11) is 1.49. The Kier molecular flexibility index (Phi) is 6.22. The van der Waals surface area contributed by atoms with E-state index in [1.54, 1.807) is 17.0 Å². The smallest absolute Gasteiger partial charge is 0.240 e. The molecule has 0 aromatic heterocycles. The topological polar surface area (TPSA) is 81.2 Å². The molecule has 1 unspecified atom stereocenters. The molecule has 0 bridgehead atoms. The Morgan fingerprint density at radius 1 is 0.833 bits per heavy atom. The van der Waals surface area contributed by atoms with E-state index in [4.69, 9.17) is 0 Å². The summed E-state index contributed by atoms with van der Waals surface area (Å²) < 4.78 is 0. The van der Waals surface area contributed by atoms with E-state index in [2.05, 4.69) is 4.90 Å². The molecule has 1 N–H and O–H groups in total. The van der Waals surface area contributed by atoms with Crippen LogP contribution in [0.2, 0.25) is 0 Å². The van der Waals surface area contributed by atoms with Crippen molar-refractivity contribution in [2.24, 2.45) is 0 Å². The number of nitrogens with zero attached hydrogens (tertiary/aromatic N) is 3. The van der Waals surface area contributed by atoms with E-state index in [1.807, 2.05) is 66.7 Å². The molecule has 2 aliphatic rings. The number of benzene rings is 3. The Morgan fingerprint density at radius 2 is 1.44 bits per heavy atom. The van der Waals surface area contributed by atoms with E-state index in [9.17, 15) is 19.5 Å². The first-order valence-electron chi connectivity index (χ1n) is 12.2. The molecule has 5 rings (SSSR count). The largest absolute Gasteiger partial charge is 0.506 e. The standard InChI is InChI=1S/C29H29N3O4/c1-30-26(34)19-29(28(30)36,23-13-11-22(12-14-23)21-7-3-2-4-8-21)20-27(35)32-17-15-31(16-18-32)24-9-5-6-10-25(24)33/h2-14,33H,15-20H2,1H3. The molecule has 0 radical (unpaired) electrons. The number of amides is 3. The number of likely N-dealkylation sites (tertiary alicyclic amines) is 1. The number of rotatable bonds is 5. The number of piperazine rings is 1. The highest BCUT2D eigenvalue weighted by Crippen LogP contribution is 2.40. The second kappa shape index (κ2) is 9.49. The number of carbonyl (C=O) groups is 3. The van der Waals surface area contributed by atoms with Crippen LogP contribution < -0.4 is 4.90 Å². The lowest BCUT2D eigenvalue weighted by molar-refractivity contribution is -0.141. The van der Waals surface area contributed by atoms with Crippen LogP contribution in [0, 0.1) is 0 Å². The Labute approximate surface area is 210 Å². The van der Waals surface area contributed by atoms with Gasteiger partial charge in [0, 0.05) is 46.1 Å². The predicted octanol–water partition coefficient (Wildman–Crippen LogP) is 3.42. The molecular weight excluding hydrogens is 454 g/mol. The van der Waals surface area contributed by atoms with Gasteiger partial charge >= 0.3 is 0 Å². The average Bonchev–Trinajstić information content (AvgIpc) is 3.13. The Balaban J connectivity index is 1.36. The van der Waals surface area contributed by atoms with Crippen LogP contribution in [-0.2, 0) is 19.8 Å². The summed E-state index contributed by atoms with van der Waals surface area (Å²) >= 11 is 0. The van der Waals surface area contributed by atoms with Crippen molar-refractivity contribution >= 4 is 23.4 Å². The molecule has 3 amide bonds. The monoisotopic (exact) mass is 483 g/mol. The summed E-state index contributed by atoms with van der Waals surface area (Å²) in [5, 5.41) is 10.2. The Morgan fingerprint density at radius 3 is 2.06 bits per heavy atom. The van der Waals surface area contributed by atoms with Crippen LogP contribution in [0.1, 0.15) is 18.4 Å². The summed E-state index contributed by atoms with van der Waals surface area (Å²) in [5.74, 6) is -0.533. The highest BCUT2D eigenvalue weighted by atomic mass is 16.3. The molecule has 1 atom stereocenters. The van der Waals surface area contributed by atoms with Crippen LogP contribution >= 0.6 is 0 Å². The van der Waals surface area contributed by atoms with Gasteiger partial charge in [0.15, 0.2) is 0 Å². The molecule has 36 heavy (non-hydrogen) atoms. The number of phenolic OH excluding ortho intramolecular Hbond substituents is 1. The number of likely N-dealkylation sites (N-methyl/N-ethyl adjacent to an activating group) is 1. The van der Waals surface area contributed by atoms with Crippen LogP contribution in [0.3, 0.4) is 0 Å². The van der Waals surface area contributed by atoms with Crippen molar-refractivity contribution in [3.05, 3.63) is 84.4 Å². The molecule has 2 aliphatic heterocycles. The summed E-state index contributed by atoms with van der Waals surface area (Å²) in [6.45, 7) is 2.12. The highest BCUT2D eigenvalue weighted by molar-refractivity contribution is 6.10. The lowest BCUT2D eigenvalue weighted by atomic mass is 9.75. The molecule has 0 saturated carbocycles. The van der Waals surface area contributed by atoms with Gasteiger partial charge in [-0.2, -0.15) is 0 Å². The Bertz CT molecular complexity index is 1280. The molecule has 2 heterocycles. The van der Waals surface area contributed by atoms with Gasteiger partial charge in [-0.1, -0.05) is 66.7 Å². The number of anilines is 1. The maximum Gasteiger partial charge on any atom is 0.240 e. The lowest BCUT2D eigenvalue weighted by Gasteiger charge is -2.38. The third-order valence-electron chi connectivity index (χ3n) is 7.39. The second-order valence-corrected chi connectivity index (χ2v) is 9.49. The van der Waals surface area contributed by atoms with E-state index in [0.717, 1.165) is 21.7 Å². The van der Waals surface area contributed by atoms with Gasteiger partial charge in [0.2, 0.25) is 17.7 Å². The molecule has 2 saturated heterocycles. The summed E-state index contributed by atoms with van der Waals surface area (Å²) in [4.78, 5) is 44.4. The van der Waals surface area contributed by atoms with Crippen LogP contribution in [-0.4, -0.2) is 65.9 Å². The summed E-state index contributed by atoms with van der Waals surface area (Å²) in [5.41, 5.74) is 2.30. The molecule has 0 spiro atoms. The maximum atomic E-state index is 13.5. The van der Waals surface area contributed by atoms with E-state index < -0.39 is 5.41 Å². The maximum absolute atomic E-state index is 13.5. The van der Waals surface area contributed by atoms with Crippen LogP contribution in [0.4, 0.5) is 5.69 Å². The number of aromatic hydroxyl groups is 1. The van der Waals surface area contributed by atoms with Crippen molar-refractivity contribution in [2.45, 2.75) is 18.3 Å². The van der Waals surface area contributed by atoms with Gasteiger partial charge in [0.25, 0.3) is 0 Å². The first-order chi connectivity index (χ1) is 17.4. The van der Waals surface area contributed by atoms with Gasteiger partial charge in [0.05, 0.1) is 11.1 Å². The van der Waals surface area contributed by atoms with E-state index in [1.165, 1.54) is 7.05 Å². The number of imide groups is 1. The molecule has 3 aromatic rings. The van der Waals surface area contributed by atoms with Gasteiger partial charge in [-0.25, -0.2) is 0 Å². The van der Waals surface area contributed by atoms with E-state index in [0.29, 0.717) is 31.7 Å². The third kappa shape index (κ3) is 4.21. The van der Waals surface area contributed by atoms with Crippen molar-refractivity contribution in [3.8, 4) is 16.9 Å². The molecule has 7 nitrogen and oxygen atoms in total. The van der Waals surface area contributed by atoms with Gasteiger partial charge < -0.3 is 14.9 Å². The Hall–Kier alpha value is -4.13. The fraction of sp³-hybridized carbons (Fsp3) is 0.276. The van der Waals surface area contributed by atoms with Crippen molar-refractivity contribution in [2.75, 3.05) is 38.1 Å². The van der Waals surface area contributed by atoms with Crippen molar-refractivity contribution in [1.82, 2.24) is 9.80 Å². The van der Waals surface area contributed by atoms with Gasteiger partial charge in [-0.05, 0) is 28.8 Å². The number of para-hydroxylation sites is 2. The predicted molar refractivity (Wildman–Crippen MR) is 137 cm³/mol. The minimum absolute atomic E-state index is 0.0173. The second-order valence-electron chi connectivity index (χ2n) is 9.49. The fourth-order valence-corrected chi connectivity index (χ4v) is 5.26. The quantitative estimate of drug-likeness (QED) is 0.563. The molecule has 3 aromatic carbocycles. The van der Waals surface area contributed by atoms with Crippen LogP contribution in [0.15, 0.2) is 78.9 Å². The van der Waals surface area contributed by atoms with Crippen LogP contribution in [0.5, 0.6) is 5.75 Å². The van der Waals surface area contributed by atoms with Gasteiger partial charge in [-0.15, -0.1) is 0 Å².